The lowest BCUT2D eigenvalue weighted by atomic mass is 9.79. The lowest BCUT2D eigenvalue weighted by molar-refractivity contribution is -0.145. The van der Waals surface area contributed by atoms with Gasteiger partial charge in [0.1, 0.15) is 0 Å². The Kier molecular flexibility index (Phi) is 2.28. The molecule has 13 heavy (non-hydrogen) atoms. The summed E-state index contributed by atoms with van der Waals surface area (Å²) < 4.78 is 5.41. The Bertz CT molecular complexity index is 200. The third-order valence-corrected chi connectivity index (χ3v) is 3.63. The van der Waals surface area contributed by atoms with Gasteiger partial charge in [0.05, 0.1) is 12.0 Å². The molecule has 0 aromatic heterocycles. The van der Waals surface area contributed by atoms with Gasteiger partial charge in [-0.3, -0.25) is 4.79 Å². The van der Waals surface area contributed by atoms with Gasteiger partial charge in [0.25, 0.3) is 0 Å². The van der Waals surface area contributed by atoms with E-state index in [4.69, 9.17) is 9.84 Å². The summed E-state index contributed by atoms with van der Waals surface area (Å²) in [6, 6.07) is 0. The number of hydrogen-bond donors (Lipinski definition) is 1. The van der Waals surface area contributed by atoms with Crippen LogP contribution < -0.4 is 0 Å². The third-order valence-electron chi connectivity index (χ3n) is 3.63. The number of methoxy groups -OCH3 is 1. The fraction of sp³-hybridized carbons (Fsp3) is 0.900. The van der Waals surface area contributed by atoms with Crippen LogP contribution in [0.3, 0.4) is 0 Å². The van der Waals surface area contributed by atoms with Crippen LogP contribution in [-0.4, -0.2) is 24.3 Å². The van der Waals surface area contributed by atoms with Crippen LogP contribution in [0.1, 0.15) is 25.7 Å². The molecule has 2 atom stereocenters. The van der Waals surface area contributed by atoms with Crippen molar-refractivity contribution in [1.29, 1.82) is 0 Å². The summed E-state index contributed by atoms with van der Waals surface area (Å²) in [5, 5.41) is 8.92. The normalized spacial score (nSPS) is 43.5. The predicted octanol–water partition coefficient (Wildman–Crippen LogP) is 1.52. The van der Waals surface area contributed by atoms with Gasteiger partial charge in [-0.2, -0.15) is 0 Å². The maximum Gasteiger partial charge on any atom is 0.306 e. The van der Waals surface area contributed by atoms with Crippen LogP contribution in [0.4, 0.5) is 0 Å². The number of ether oxygens (including phenoxy) is 1. The van der Waals surface area contributed by atoms with Crippen LogP contribution in [0, 0.1) is 17.8 Å². The molecule has 2 aliphatic rings. The van der Waals surface area contributed by atoms with Crippen molar-refractivity contribution >= 4 is 5.97 Å². The van der Waals surface area contributed by atoms with Crippen LogP contribution in [-0.2, 0) is 9.53 Å². The van der Waals surface area contributed by atoms with Gasteiger partial charge in [-0.25, -0.2) is 0 Å². The molecule has 0 heterocycles. The first-order valence-corrected chi connectivity index (χ1v) is 4.98. The summed E-state index contributed by atoms with van der Waals surface area (Å²) in [5.41, 5.74) is 0. The van der Waals surface area contributed by atoms with Gasteiger partial charge in [0, 0.05) is 7.11 Å². The maximum atomic E-state index is 10.8. The standard InChI is InChI=1S/C10H16O3/c1-13-9-6-2-3-7(9)5-8(4-6)10(11)12/h6-9H,2-5H2,1H3,(H,11,12)/t6-,7-,8?,9?/m0/s1. The first-order chi connectivity index (χ1) is 6.22. The topological polar surface area (TPSA) is 46.5 Å². The van der Waals surface area contributed by atoms with Gasteiger partial charge in [0.2, 0.25) is 0 Å². The molecule has 0 radical (unpaired) electrons. The molecule has 0 aromatic rings. The smallest absolute Gasteiger partial charge is 0.306 e. The average molecular weight is 184 g/mol. The minimum Gasteiger partial charge on any atom is -0.481 e. The molecular formula is C10H16O3. The largest absolute Gasteiger partial charge is 0.481 e. The van der Waals surface area contributed by atoms with Gasteiger partial charge >= 0.3 is 5.97 Å². The highest BCUT2D eigenvalue weighted by atomic mass is 16.5. The number of carboxylic acid groups (broad SMARTS) is 1. The fourth-order valence-electron chi connectivity index (χ4n) is 3.06. The summed E-state index contributed by atoms with van der Waals surface area (Å²) in [5.74, 6) is 0.282. The van der Waals surface area contributed by atoms with Gasteiger partial charge in [-0.15, -0.1) is 0 Å². The summed E-state index contributed by atoms with van der Waals surface area (Å²) in [6.45, 7) is 0. The van der Waals surface area contributed by atoms with Crippen LogP contribution in [0.25, 0.3) is 0 Å². The van der Waals surface area contributed by atoms with Crippen molar-refractivity contribution in [2.75, 3.05) is 7.11 Å². The molecular weight excluding hydrogens is 168 g/mol. The molecule has 2 aliphatic carbocycles. The summed E-state index contributed by atoms with van der Waals surface area (Å²) in [7, 11) is 1.75. The van der Waals surface area contributed by atoms with E-state index in [-0.39, 0.29) is 5.92 Å². The molecule has 0 spiro atoms. The SMILES string of the molecule is COC1[C@H]2CC[C@H]1CC(C(=O)O)C2. The molecule has 2 rings (SSSR count). The molecule has 2 bridgehead atoms. The molecule has 2 saturated carbocycles. The van der Waals surface area contributed by atoms with Gasteiger partial charge in [-0.05, 0) is 37.5 Å². The summed E-state index contributed by atoms with van der Waals surface area (Å²) in [6.07, 6.45) is 4.31. The summed E-state index contributed by atoms with van der Waals surface area (Å²) >= 11 is 0. The van der Waals surface area contributed by atoms with Crippen LogP contribution in [0.2, 0.25) is 0 Å². The molecule has 0 unspecified atom stereocenters. The predicted molar refractivity (Wildman–Crippen MR) is 47.4 cm³/mol. The van der Waals surface area contributed by atoms with E-state index in [0.29, 0.717) is 17.9 Å². The Hall–Kier alpha value is -0.570. The Labute approximate surface area is 78.1 Å². The molecule has 2 fully saturated rings. The number of hydrogen-bond acceptors (Lipinski definition) is 2. The molecule has 0 amide bonds. The zero-order valence-corrected chi connectivity index (χ0v) is 7.90. The molecule has 0 aromatic carbocycles. The van der Waals surface area contributed by atoms with E-state index in [1.54, 1.807) is 7.11 Å². The van der Waals surface area contributed by atoms with Crippen molar-refractivity contribution in [3.63, 3.8) is 0 Å². The minimum atomic E-state index is -0.619. The highest BCUT2D eigenvalue weighted by Gasteiger charge is 2.44. The Morgan fingerprint density at radius 2 is 1.85 bits per heavy atom. The van der Waals surface area contributed by atoms with E-state index >= 15 is 0 Å². The zero-order chi connectivity index (χ0) is 9.42. The lowest BCUT2D eigenvalue weighted by Crippen LogP contribution is -2.35. The molecule has 1 N–H and O–H groups in total. The first-order valence-electron chi connectivity index (χ1n) is 4.98. The molecule has 0 saturated heterocycles. The summed E-state index contributed by atoms with van der Waals surface area (Å²) in [4.78, 5) is 10.8. The van der Waals surface area contributed by atoms with Crippen molar-refractivity contribution in [3.05, 3.63) is 0 Å². The Balaban J connectivity index is 2.06. The van der Waals surface area contributed by atoms with Crippen molar-refractivity contribution in [3.8, 4) is 0 Å². The van der Waals surface area contributed by atoms with E-state index in [9.17, 15) is 4.79 Å². The third kappa shape index (κ3) is 1.46. The Morgan fingerprint density at radius 3 is 2.23 bits per heavy atom. The van der Waals surface area contributed by atoms with Crippen LogP contribution in [0.5, 0.6) is 0 Å². The second kappa shape index (κ2) is 3.29. The van der Waals surface area contributed by atoms with E-state index in [1.165, 1.54) is 0 Å². The number of rotatable bonds is 2. The highest BCUT2D eigenvalue weighted by molar-refractivity contribution is 5.70. The average Bonchev–Trinajstić information content (AvgIpc) is 2.34. The fourth-order valence-corrected chi connectivity index (χ4v) is 3.06. The minimum absolute atomic E-state index is 0.108. The van der Waals surface area contributed by atoms with Crippen molar-refractivity contribution in [2.45, 2.75) is 31.8 Å². The van der Waals surface area contributed by atoms with Gasteiger partial charge in [0.15, 0.2) is 0 Å². The zero-order valence-electron chi connectivity index (χ0n) is 7.90. The quantitative estimate of drug-likeness (QED) is 0.707. The maximum absolute atomic E-state index is 10.8. The second-order valence-corrected chi connectivity index (χ2v) is 4.30. The Morgan fingerprint density at radius 1 is 1.31 bits per heavy atom. The van der Waals surface area contributed by atoms with Crippen LogP contribution >= 0.6 is 0 Å². The van der Waals surface area contributed by atoms with Crippen molar-refractivity contribution < 1.29 is 14.6 Å². The lowest BCUT2D eigenvalue weighted by Gasteiger charge is -2.32. The van der Waals surface area contributed by atoms with E-state index < -0.39 is 5.97 Å². The highest BCUT2D eigenvalue weighted by Crippen LogP contribution is 2.46. The second-order valence-electron chi connectivity index (χ2n) is 4.30. The first kappa shape index (κ1) is 9.00. The number of aliphatic carboxylic acids is 1. The van der Waals surface area contributed by atoms with E-state index in [2.05, 4.69) is 0 Å². The molecule has 3 nitrogen and oxygen atoms in total. The van der Waals surface area contributed by atoms with Gasteiger partial charge < -0.3 is 9.84 Å². The molecule has 3 heteroatoms. The number of fused-ring (bicyclic) bond motifs is 2. The van der Waals surface area contributed by atoms with E-state index in [1.807, 2.05) is 0 Å². The van der Waals surface area contributed by atoms with Crippen molar-refractivity contribution in [2.24, 2.45) is 17.8 Å². The van der Waals surface area contributed by atoms with Crippen molar-refractivity contribution in [1.82, 2.24) is 0 Å². The van der Waals surface area contributed by atoms with E-state index in [0.717, 1.165) is 25.7 Å². The number of carbonyl (C=O) groups is 1. The van der Waals surface area contributed by atoms with Gasteiger partial charge in [-0.1, -0.05) is 0 Å². The monoisotopic (exact) mass is 184 g/mol. The van der Waals surface area contributed by atoms with Crippen LogP contribution in [0.15, 0.2) is 0 Å². The number of carboxylic acids is 1. The molecule has 0 aliphatic heterocycles. The molecule has 74 valence electrons.